The molecule has 0 spiro atoms. The largest absolute Gasteiger partial charge is 0.465 e. The van der Waals surface area contributed by atoms with Crippen molar-refractivity contribution in [3.05, 3.63) is 65.0 Å². The van der Waals surface area contributed by atoms with E-state index in [2.05, 4.69) is 4.98 Å². The zero-order chi connectivity index (χ0) is 18.0. The Bertz CT molecular complexity index is 945. The van der Waals surface area contributed by atoms with Crippen molar-refractivity contribution in [1.29, 1.82) is 0 Å². The fourth-order valence-electron chi connectivity index (χ4n) is 2.86. The number of benzene rings is 2. The molecular formula is C19H18N2O4. The second kappa shape index (κ2) is 6.76. The van der Waals surface area contributed by atoms with Gasteiger partial charge in [0.15, 0.2) is 0 Å². The first-order valence-electron chi connectivity index (χ1n) is 7.77. The molecule has 128 valence electrons. The van der Waals surface area contributed by atoms with E-state index in [1.165, 1.54) is 14.2 Å². The number of hydrogen-bond acceptors (Lipinski definition) is 5. The van der Waals surface area contributed by atoms with Gasteiger partial charge in [-0.15, -0.1) is 0 Å². The highest BCUT2D eigenvalue weighted by Gasteiger charge is 2.24. The van der Waals surface area contributed by atoms with Crippen LogP contribution in [0.1, 0.15) is 32.1 Å². The number of rotatable bonds is 4. The standard InChI is InChI=1S/C19H18N2O4/c1-12-20-17-15(21(12)11-13-7-5-4-6-8-13)10-9-14(18(22)24-2)16(17)19(23)25-3/h4-10H,11H2,1-3H3. The summed E-state index contributed by atoms with van der Waals surface area (Å²) >= 11 is 0. The van der Waals surface area contributed by atoms with Crippen molar-refractivity contribution >= 4 is 23.0 Å². The zero-order valence-corrected chi connectivity index (χ0v) is 14.3. The van der Waals surface area contributed by atoms with Gasteiger partial charge in [-0.25, -0.2) is 14.6 Å². The Morgan fingerprint density at radius 3 is 2.32 bits per heavy atom. The van der Waals surface area contributed by atoms with Crippen molar-refractivity contribution in [1.82, 2.24) is 9.55 Å². The van der Waals surface area contributed by atoms with E-state index in [-0.39, 0.29) is 11.1 Å². The molecule has 0 unspecified atom stereocenters. The van der Waals surface area contributed by atoms with Crippen LogP contribution in [-0.4, -0.2) is 35.7 Å². The Labute approximate surface area is 145 Å². The number of aryl methyl sites for hydroxylation is 1. The van der Waals surface area contributed by atoms with Crippen LogP contribution in [0.5, 0.6) is 0 Å². The predicted molar refractivity (Wildman–Crippen MR) is 92.7 cm³/mol. The quantitative estimate of drug-likeness (QED) is 0.684. The van der Waals surface area contributed by atoms with E-state index in [4.69, 9.17) is 9.47 Å². The molecule has 0 atom stereocenters. The molecule has 0 radical (unpaired) electrons. The summed E-state index contributed by atoms with van der Waals surface area (Å²) in [6, 6.07) is 13.3. The third-order valence-electron chi connectivity index (χ3n) is 4.09. The molecule has 0 bridgehead atoms. The third kappa shape index (κ3) is 2.98. The molecule has 25 heavy (non-hydrogen) atoms. The predicted octanol–water partition coefficient (Wildman–Crippen LogP) is 2.97. The van der Waals surface area contributed by atoms with Gasteiger partial charge in [0.1, 0.15) is 16.9 Å². The second-order valence-corrected chi connectivity index (χ2v) is 5.57. The molecule has 0 saturated carbocycles. The summed E-state index contributed by atoms with van der Waals surface area (Å²) in [5.41, 5.74) is 2.58. The number of ether oxygens (including phenoxy) is 2. The summed E-state index contributed by atoms with van der Waals surface area (Å²) in [4.78, 5) is 28.8. The van der Waals surface area contributed by atoms with E-state index >= 15 is 0 Å². The molecule has 0 aliphatic heterocycles. The number of aromatic nitrogens is 2. The minimum atomic E-state index is -0.615. The van der Waals surface area contributed by atoms with E-state index in [9.17, 15) is 9.59 Å². The van der Waals surface area contributed by atoms with Crippen LogP contribution < -0.4 is 0 Å². The second-order valence-electron chi connectivity index (χ2n) is 5.57. The molecule has 3 aromatic rings. The number of carbonyl (C=O) groups is 2. The lowest BCUT2D eigenvalue weighted by molar-refractivity contribution is 0.0557. The lowest BCUT2D eigenvalue weighted by Gasteiger charge is -2.09. The Hall–Kier alpha value is -3.15. The van der Waals surface area contributed by atoms with Crippen molar-refractivity contribution in [3.8, 4) is 0 Å². The van der Waals surface area contributed by atoms with E-state index in [0.717, 1.165) is 16.9 Å². The number of imidazole rings is 1. The molecule has 3 rings (SSSR count). The maximum Gasteiger partial charge on any atom is 0.341 e. The zero-order valence-electron chi connectivity index (χ0n) is 14.3. The van der Waals surface area contributed by atoms with Crippen molar-refractivity contribution in [2.75, 3.05) is 14.2 Å². The minimum Gasteiger partial charge on any atom is -0.465 e. The monoisotopic (exact) mass is 338 g/mol. The summed E-state index contributed by atoms with van der Waals surface area (Å²) in [5.74, 6) is -0.473. The number of fused-ring (bicyclic) bond motifs is 1. The summed E-state index contributed by atoms with van der Waals surface area (Å²) < 4.78 is 11.6. The molecule has 0 saturated heterocycles. The molecule has 0 N–H and O–H groups in total. The van der Waals surface area contributed by atoms with Gasteiger partial charge in [-0.1, -0.05) is 30.3 Å². The highest BCUT2D eigenvalue weighted by Crippen LogP contribution is 2.25. The van der Waals surface area contributed by atoms with Crippen LogP contribution in [0.15, 0.2) is 42.5 Å². The van der Waals surface area contributed by atoms with Crippen LogP contribution in [0.4, 0.5) is 0 Å². The van der Waals surface area contributed by atoms with Gasteiger partial charge >= 0.3 is 11.9 Å². The maximum absolute atomic E-state index is 12.3. The molecule has 0 amide bonds. The van der Waals surface area contributed by atoms with E-state index in [0.29, 0.717) is 12.1 Å². The van der Waals surface area contributed by atoms with E-state index in [1.54, 1.807) is 12.1 Å². The van der Waals surface area contributed by atoms with Gasteiger partial charge in [-0.05, 0) is 24.6 Å². The number of hydrogen-bond donors (Lipinski definition) is 0. The average Bonchev–Trinajstić information content (AvgIpc) is 2.96. The van der Waals surface area contributed by atoms with Gasteiger partial charge in [0, 0.05) is 6.54 Å². The molecule has 1 aromatic heterocycles. The SMILES string of the molecule is COC(=O)c1ccc2c(nc(C)n2Cc2ccccc2)c1C(=O)OC. The van der Waals surface area contributed by atoms with Crippen LogP contribution in [0.3, 0.4) is 0 Å². The average molecular weight is 338 g/mol. The van der Waals surface area contributed by atoms with Crippen molar-refractivity contribution in [2.24, 2.45) is 0 Å². The summed E-state index contributed by atoms with van der Waals surface area (Å²) in [5, 5.41) is 0. The molecule has 6 nitrogen and oxygen atoms in total. The molecule has 6 heteroatoms. The summed E-state index contributed by atoms with van der Waals surface area (Å²) in [6.45, 7) is 2.48. The maximum atomic E-state index is 12.3. The minimum absolute atomic E-state index is 0.127. The highest BCUT2D eigenvalue weighted by molar-refractivity contribution is 6.11. The molecule has 2 aromatic carbocycles. The van der Waals surface area contributed by atoms with Crippen molar-refractivity contribution in [2.45, 2.75) is 13.5 Å². The van der Waals surface area contributed by atoms with Gasteiger partial charge in [-0.3, -0.25) is 0 Å². The van der Waals surface area contributed by atoms with Crippen LogP contribution >= 0.6 is 0 Å². The number of methoxy groups -OCH3 is 2. The number of nitrogens with zero attached hydrogens (tertiary/aromatic N) is 2. The lowest BCUT2D eigenvalue weighted by Crippen LogP contribution is -2.12. The molecular weight excluding hydrogens is 320 g/mol. The first kappa shape index (κ1) is 16.7. The Kier molecular flexibility index (Phi) is 4.52. The molecule has 0 aliphatic rings. The van der Waals surface area contributed by atoms with Gasteiger partial charge in [0.05, 0.1) is 25.3 Å². The lowest BCUT2D eigenvalue weighted by atomic mass is 10.1. The van der Waals surface area contributed by atoms with Crippen LogP contribution in [0.2, 0.25) is 0 Å². The van der Waals surface area contributed by atoms with E-state index in [1.807, 2.05) is 41.8 Å². The van der Waals surface area contributed by atoms with Crippen LogP contribution in [0, 0.1) is 6.92 Å². The third-order valence-corrected chi connectivity index (χ3v) is 4.09. The topological polar surface area (TPSA) is 70.4 Å². The molecule has 0 fully saturated rings. The first-order chi connectivity index (χ1) is 12.1. The first-order valence-corrected chi connectivity index (χ1v) is 7.77. The Balaban J connectivity index is 2.21. The summed E-state index contributed by atoms with van der Waals surface area (Å²) in [7, 11) is 2.54. The Morgan fingerprint density at radius 2 is 1.68 bits per heavy atom. The fraction of sp³-hybridized carbons (Fsp3) is 0.211. The normalized spacial score (nSPS) is 10.7. The molecule has 1 heterocycles. The van der Waals surface area contributed by atoms with Crippen LogP contribution in [0.25, 0.3) is 11.0 Å². The van der Waals surface area contributed by atoms with Crippen LogP contribution in [-0.2, 0) is 16.0 Å². The molecule has 0 aliphatic carbocycles. The number of esters is 2. The number of carbonyl (C=O) groups excluding carboxylic acids is 2. The Morgan fingerprint density at radius 1 is 1.00 bits per heavy atom. The van der Waals surface area contributed by atoms with Crippen molar-refractivity contribution in [3.63, 3.8) is 0 Å². The van der Waals surface area contributed by atoms with E-state index < -0.39 is 11.9 Å². The summed E-state index contributed by atoms with van der Waals surface area (Å²) in [6.07, 6.45) is 0. The fourth-order valence-corrected chi connectivity index (χ4v) is 2.86. The highest BCUT2D eigenvalue weighted by atomic mass is 16.5. The van der Waals surface area contributed by atoms with Gasteiger partial charge in [0.2, 0.25) is 0 Å². The smallest absolute Gasteiger partial charge is 0.341 e. The van der Waals surface area contributed by atoms with Crippen molar-refractivity contribution < 1.29 is 19.1 Å². The van der Waals surface area contributed by atoms with Gasteiger partial charge in [0.25, 0.3) is 0 Å². The van der Waals surface area contributed by atoms with Gasteiger partial charge in [-0.2, -0.15) is 0 Å². The van der Waals surface area contributed by atoms with Gasteiger partial charge < -0.3 is 14.0 Å².